The zero-order valence-corrected chi connectivity index (χ0v) is 14.6. The highest BCUT2D eigenvalue weighted by Crippen LogP contribution is 2.44. The number of halogens is 3. The maximum absolute atomic E-state index is 13.4. The molecular formula is C21H29F3. The summed E-state index contributed by atoms with van der Waals surface area (Å²) < 4.78 is 39.7. The zero-order valence-electron chi connectivity index (χ0n) is 14.6. The minimum Gasteiger partial charge on any atom is -0.248 e. The molecule has 2 aliphatic carbocycles. The molecule has 3 heteroatoms. The SMILES string of the molecule is CC(F)CC1CCC(C2CCC(c3ccc(F)c(F)c3)CC2)CC1. The van der Waals surface area contributed by atoms with Gasteiger partial charge in [0.05, 0.1) is 6.17 Å². The van der Waals surface area contributed by atoms with E-state index in [0.29, 0.717) is 11.8 Å². The summed E-state index contributed by atoms with van der Waals surface area (Å²) in [6.07, 6.45) is 9.47. The second kappa shape index (κ2) is 7.93. The third-order valence-corrected chi connectivity index (χ3v) is 6.40. The fourth-order valence-electron chi connectivity index (χ4n) is 5.04. The lowest BCUT2D eigenvalue weighted by molar-refractivity contribution is 0.144. The Bertz CT molecular complexity index is 524. The second-order valence-corrected chi connectivity index (χ2v) is 8.08. The van der Waals surface area contributed by atoms with E-state index in [1.54, 1.807) is 13.0 Å². The number of hydrogen-bond acceptors (Lipinski definition) is 0. The Labute approximate surface area is 143 Å². The highest BCUT2D eigenvalue weighted by atomic mass is 19.2. The molecule has 3 rings (SSSR count). The summed E-state index contributed by atoms with van der Waals surface area (Å²) in [5.41, 5.74) is 0.952. The molecule has 2 aliphatic rings. The van der Waals surface area contributed by atoms with Crippen LogP contribution in [-0.2, 0) is 0 Å². The van der Waals surface area contributed by atoms with Gasteiger partial charge in [-0.1, -0.05) is 18.9 Å². The maximum Gasteiger partial charge on any atom is 0.159 e. The van der Waals surface area contributed by atoms with Gasteiger partial charge in [-0.05, 0) is 93.2 Å². The van der Waals surface area contributed by atoms with Crippen LogP contribution in [0.15, 0.2) is 18.2 Å². The second-order valence-electron chi connectivity index (χ2n) is 8.08. The zero-order chi connectivity index (χ0) is 17.1. The Kier molecular flexibility index (Phi) is 5.89. The van der Waals surface area contributed by atoms with Crippen LogP contribution in [-0.4, -0.2) is 6.17 Å². The summed E-state index contributed by atoms with van der Waals surface area (Å²) in [6.45, 7) is 1.67. The fourth-order valence-corrected chi connectivity index (χ4v) is 5.04. The van der Waals surface area contributed by atoms with E-state index in [0.717, 1.165) is 36.7 Å². The van der Waals surface area contributed by atoms with Gasteiger partial charge in [-0.3, -0.25) is 0 Å². The Balaban J connectivity index is 1.48. The van der Waals surface area contributed by atoms with Crippen LogP contribution in [0.25, 0.3) is 0 Å². The van der Waals surface area contributed by atoms with Crippen molar-refractivity contribution in [1.82, 2.24) is 0 Å². The standard InChI is InChI=1S/C21H29F3/c1-14(22)12-15-2-4-16(5-3-15)17-6-8-18(9-7-17)19-10-11-20(23)21(24)13-19/h10-11,13-18H,2-9,12H2,1H3. The summed E-state index contributed by atoms with van der Waals surface area (Å²) in [7, 11) is 0. The lowest BCUT2D eigenvalue weighted by Gasteiger charge is -2.38. The van der Waals surface area contributed by atoms with Gasteiger partial charge in [-0.25, -0.2) is 13.2 Å². The molecule has 0 heterocycles. The van der Waals surface area contributed by atoms with Crippen molar-refractivity contribution in [3.8, 4) is 0 Å². The van der Waals surface area contributed by atoms with Crippen molar-refractivity contribution in [1.29, 1.82) is 0 Å². The molecule has 1 aromatic carbocycles. The van der Waals surface area contributed by atoms with Crippen LogP contribution in [0.2, 0.25) is 0 Å². The van der Waals surface area contributed by atoms with E-state index in [2.05, 4.69) is 0 Å². The Morgan fingerprint density at radius 3 is 2.00 bits per heavy atom. The van der Waals surface area contributed by atoms with Crippen LogP contribution >= 0.6 is 0 Å². The largest absolute Gasteiger partial charge is 0.248 e. The molecule has 24 heavy (non-hydrogen) atoms. The van der Waals surface area contributed by atoms with Crippen LogP contribution in [0.4, 0.5) is 13.2 Å². The molecule has 1 unspecified atom stereocenters. The van der Waals surface area contributed by atoms with Crippen LogP contribution in [0.1, 0.15) is 76.2 Å². The summed E-state index contributed by atoms with van der Waals surface area (Å²) in [4.78, 5) is 0. The Hall–Kier alpha value is -0.990. The molecule has 2 fully saturated rings. The van der Waals surface area contributed by atoms with Crippen molar-refractivity contribution < 1.29 is 13.2 Å². The lowest BCUT2D eigenvalue weighted by Crippen LogP contribution is -2.26. The van der Waals surface area contributed by atoms with Crippen molar-refractivity contribution in [2.24, 2.45) is 17.8 Å². The monoisotopic (exact) mass is 338 g/mol. The van der Waals surface area contributed by atoms with Crippen molar-refractivity contribution in [2.75, 3.05) is 0 Å². The Morgan fingerprint density at radius 1 is 0.875 bits per heavy atom. The third kappa shape index (κ3) is 4.34. The maximum atomic E-state index is 13.4. The van der Waals surface area contributed by atoms with E-state index < -0.39 is 17.8 Å². The molecule has 0 saturated heterocycles. The van der Waals surface area contributed by atoms with Crippen LogP contribution < -0.4 is 0 Å². The van der Waals surface area contributed by atoms with E-state index in [1.807, 2.05) is 0 Å². The summed E-state index contributed by atoms with van der Waals surface area (Å²) >= 11 is 0. The van der Waals surface area contributed by atoms with Gasteiger partial charge in [0.1, 0.15) is 0 Å². The Morgan fingerprint density at radius 2 is 1.46 bits per heavy atom. The number of rotatable bonds is 4. The summed E-state index contributed by atoms with van der Waals surface area (Å²) in [5, 5.41) is 0. The normalized spacial score (nSPS) is 32.5. The first-order chi connectivity index (χ1) is 11.5. The first-order valence-electron chi connectivity index (χ1n) is 9.62. The predicted octanol–water partition coefficient (Wildman–Crippen LogP) is 6.79. The van der Waals surface area contributed by atoms with E-state index in [1.165, 1.54) is 50.7 Å². The highest BCUT2D eigenvalue weighted by Gasteiger charge is 2.31. The van der Waals surface area contributed by atoms with Crippen LogP contribution in [0.3, 0.4) is 0 Å². The molecule has 134 valence electrons. The molecule has 0 aliphatic heterocycles. The molecule has 1 aromatic rings. The molecule has 0 bridgehead atoms. The van der Waals surface area contributed by atoms with Gasteiger partial charge in [0.15, 0.2) is 11.6 Å². The van der Waals surface area contributed by atoms with E-state index >= 15 is 0 Å². The summed E-state index contributed by atoms with van der Waals surface area (Å²) in [5.74, 6) is 1.04. The van der Waals surface area contributed by atoms with Gasteiger partial charge in [-0.2, -0.15) is 0 Å². The number of benzene rings is 1. The van der Waals surface area contributed by atoms with Crippen molar-refractivity contribution >= 4 is 0 Å². The van der Waals surface area contributed by atoms with E-state index in [9.17, 15) is 13.2 Å². The highest BCUT2D eigenvalue weighted by molar-refractivity contribution is 5.22. The number of hydrogen-bond donors (Lipinski definition) is 0. The van der Waals surface area contributed by atoms with E-state index in [-0.39, 0.29) is 0 Å². The molecular weight excluding hydrogens is 309 g/mol. The first kappa shape index (κ1) is 17.8. The average molecular weight is 338 g/mol. The number of alkyl halides is 1. The molecule has 0 aromatic heterocycles. The summed E-state index contributed by atoms with van der Waals surface area (Å²) in [6, 6.07) is 4.38. The van der Waals surface area contributed by atoms with Crippen molar-refractivity contribution in [2.45, 2.75) is 76.8 Å². The van der Waals surface area contributed by atoms with Gasteiger partial charge in [0.2, 0.25) is 0 Å². The van der Waals surface area contributed by atoms with Crippen molar-refractivity contribution in [3.05, 3.63) is 35.4 Å². The van der Waals surface area contributed by atoms with Gasteiger partial charge >= 0.3 is 0 Å². The molecule has 2 saturated carbocycles. The van der Waals surface area contributed by atoms with Crippen LogP contribution in [0, 0.1) is 29.4 Å². The third-order valence-electron chi connectivity index (χ3n) is 6.40. The minimum absolute atomic E-state index is 0.375. The van der Waals surface area contributed by atoms with Gasteiger partial charge in [0.25, 0.3) is 0 Å². The quantitative estimate of drug-likeness (QED) is 0.567. The molecule has 0 nitrogen and oxygen atoms in total. The first-order valence-corrected chi connectivity index (χ1v) is 9.62. The van der Waals surface area contributed by atoms with E-state index in [4.69, 9.17) is 0 Å². The lowest BCUT2D eigenvalue weighted by atomic mass is 9.68. The molecule has 0 amide bonds. The van der Waals surface area contributed by atoms with Gasteiger partial charge in [-0.15, -0.1) is 0 Å². The average Bonchev–Trinajstić information content (AvgIpc) is 2.58. The topological polar surface area (TPSA) is 0 Å². The smallest absolute Gasteiger partial charge is 0.159 e. The molecule has 0 N–H and O–H groups in total. The van der Waals surface area contributed by atoms with Crippen LogP contribution in [0.5, 0.6) is 0 Å². The molecule has 0 radical (unpaired) electrons. The van der Waals surface area contributed by atoms with Crippen molar-refractivity contribution in [3.63, 3.8) is 0 Å². The molecule has 0 spiro atoms. The minimum atomic E-state index is -0.758. The predicted molar refractivity (Wildman–Crippen MR) is 91.7 cm³/mol. The van der Waals surface area contributed by atoms with Gasteiger partial charge in [0, 0.05) is 0 Å². The molecule has 1 atom stereocenters. The fraction of sp³-hybridized carbons (Fsp3) is 0.714. The van der Waals surface area contributed by atoms with Gasteiger partial charge < -0.3 is 0 Å².